The number of rotatable bonds is 7. The number of aromatic nitrogens is 1. The van der Waals surface area contributed by atoms with Crippen LogP contribution >= 0.6 is 11.3 Å². The van der Waals surface area contributed by atoms with Crippen molar-refractivity contribution in [1.29, 1.82) is 0 Å². The molecule has 0 N–H and O–H groups in total. The van der Waals surface area contributed by atoms with Gasteiger partial charge in [-0.25, -0.2) is 13.2 Å². The topological polar surface area (TPSA) is 82.4 Å². The Morgan fingerprint density at radius 1 is 1.24 bits per heavy atom. The van der Waals surface area contributed by atoms with Crippen LogP contribution in [0.15, 0.2) is 12.1 Å². The van der Waals surface area contributed by atoms with Gasteiger partial charge >= 0.3 is 5.97 Å². The van der Waals surface area contributed by atoms with E-state index in [1.807, 2.05) is 31.4 Å². The second kappa shape index (κ2) is 8.44. The van der Waals surface area contributed by atoms with Gasteiger partial charge in [-0.05, 0) is 51.3 Å². The highest BCUT2D eigenvalue weighted by Crippen LogP contribution is 2.29. The molecule has 0 aromatic carbocycles. The Kier molecular flexibility index (Phi) is 6.33. The molecule has 0 aliphatic carbocycles. The molecule has 1 saturated heterocycles. The van der Waals surface area contributed by atoms with Crippen LogP contribution in [-0.2, 0) is 21.0 Å². The number of Topliss-reactive ketones (excluding diaryl/α,β-unsaturated/α-hetero) is 1. The summed E-state index contributed by atoms with van der Waals surface area (Å²) in [5.74, 6) is -0.482. The molecule has 6 nitrogen and oxygen atoms in total. The number of sulfone groups is 1. The van der Waals surface area contributed by atoms with Crippen molar-refractivity contribution >= 4 is 32.9 Å². The van der Waals surface area contributed by atoms with Crippen LogP contribution in [0.1, 0.15) is 67.7 Å². The average molecular weight is 438 g/mol. The van der Waals surface area contributed by atoms with Gasteiger partial charge in [0.25, 0.3) is 0 Å². The van der Waals surface area contributed by atoms with Crippen molar-refractivity contribution < 1.29 is 22.7 Å². The Bertz CT molecular complexity index is 1050. The van der Waals surface area contributed by atoms with Crippen molar-refractivity contribution in [2.45, 2.75) is 53.0 Å². The minimum Gasteiger partial charge on any atom is -0.453 e. The summed E-state index contributed by atoms with van der Waals surface area (Å²) in [5.41, 5.74) is 3.19. The molecule has 1 fully saturated rings. The number of hydrogen-bond donors (Lipinski definition) is 0. The molecule has 8 heteroatoms. The van der Waals surface area contributed by atoms with Crippen LogP contribution in [0.3, 0.4) is 0 Å². The molecule has 2 aromatic rings. The van der Waals surface area contributed by atoms with Gasteiger partial charge in [-0.2, -0.15) is 0 Å². The second-order valence-corrected chi connectivity index (χ2v) is 11.1. The normalized spacial score (nSPS) is 18.1. The van der Waals surface area contributed by atoms with Crippen molar-refractivity contribution in [2.75, 3.05) is 18.1 Å². The SMILES string of the molecule is CCCc1cc(C(=O)OCC(=O)c2cc(C)n(C3CCS(=O)(=O)C3)c2C)sc1C. The molecule has 0 saturated carbocycles. The summed E-state index contributed by atoms with van der Waals surface area (Å²) < 4.78 is 30.8. The zero-order chi connectivity index (χ0) is 21.3. The minimum absolute atomic E-state index is 0.101. The summed E-state index contributed by atoms with van der Waals surface area (Å²) in [7, 11) is -3.02. The minimum atomic E-state index is -3.02. The molecule has 2 aromatic heterocycles. The van der Waals surface area contributed by atoms with Crippen LogP contribution in [0, 0.1) is 20.8 Å². The summed E-state index contributed by atoms with van der Waals surface area (Å²) >= 11 is 1.39. The molecule has 3 heterocycles. The van der Waals surface area contributed by atoms with E-state index in [1.54, 1.807) is 6.07 Å². The number of ether oxygens (including phenoxy) is 1. The van der Waals surface area contributed by atoms with E-state index < -0.39 is 15.8 Å². The predicted octanol–water partition coefficient (Wildman–Crippen LogP) is 3.83. The third-order valence-corrected chi connectivity index (χ3v) is 8.26. The summed E-state index contributed by atoms with van der Waals surface area (Å²) in [4.78, 5) is 26.6. The smallest absolute Gasteiger partial charge is 0.348 e. The lowest BCUT2D eigenvalue weighted by Gasteiger charge is -2.16. The van der Waals surface area contributed by atoms with Gasteiger partial charge in [-0.1, -0.05) is 13.3 Å². The number of thiophene rings is 1. The van der Waals surface area contributed by atoms with E-state index in [0.29, 0.717) is 16.9 Å². The molecule has 1 aliphatic rings. The van der Waals surface area contributed by atoms with Crippen LogP contribution in [0.25, 0.3) is 0 Å². The molecule has 158 valence electrons. The first kappa shape index (κ1) is 21.8. The third kappa shape index (κ3) is 4.64. The zero-order valence-corrected chi connectivity index (χ0v) is 18.9. The van der Waals surface area contributed by atoms with Gasteiger partial charge in [0, 0.05) is 27.9 Å². The monoisotopic (exact) mass is 437 g/mol. The van der Waals surface area contributed by atoms with Crippen molar-refractivity contribution in [1.82, 2.24) is 4.57 Å². The summed E-state index contributed by atoms with van der Waals surface area (Å²) in [6.07, 6.45) is 2.47. The Hall–Kier alpha value is -1.93. The fourth-order valence-electron chi connectivity index (χ4n) is 4.02. The van der Waals surface area contributed by atoms with E-state index in [0.717, 1.165) is 34.7 Å². The maximum Gasteiger partial charge on any atom is 0.348 e. The Morgan fingerprint density at radius 2 is 1.97 bits per heavy atom. The second-order valence-electron chi connectivity index (χ2n) is 7.65. The molecule has 0 amide bonds. The molecule has 0 spiro atoms. The average Bonchev–Trinajstić information content (AvgIpc) is 3.28. The van der Waals surface area contributed by atoms with Gasteiger partial charge < -0.3 is 9.30 Å². The highest BCUT2D eigenvalue weighted by Gasteiger charge is 2.31. The van der Waals surface area contributed by atoms with E-state index in [-0.39, 0.29) is 29.9 Å². The van der Waals surface area contributed by atoms with Gasteiger partial charge in [0.15, 0.2) is 16.4 Å². The number of nitrogens with zero attached hydrogens (tertiary/aromatic N) is 1. The van der Waals surface area contributed by atoms with Gasteiger partial charge in [0.2, 0.25) is 5.78 Å². The summed E-state index contributed by atoms with van der Waals surface area (Å²) in [6, 6.07) is 3.46. The number of carbonyl (C=O) groups excluding carboxylic acids is 2. The molecule has 1 atom stereocenters. The summed E-state index contributed by atoms with van der Waals surface area (Å²) in [5, 5.41) is 0. The molecule has 3 rings (SSSR count). The largest absolute Gasteiger partial charge is 0.453 e. The lowest BCUT2D eigenvalue weighted by Crippen LogP contribution is -2.16. The first-order chi connectivity index (χ1) is 13.6. The number of carbonyl (C=O) groups is 2. The lowest BCUT2D eigenvalue weighted by molar-refractivity contribution is 0.0479. The van der Waals surface area contributed by atoms with Crippen molar-refractivity contribution in [2.24, 2.45) is 0 Å². The van der Waals surface area contributed by atoms with Gasteiger partial charge in [-0.15, -0.1) is 11.3 Å². The first-order valence-corrected chi connectivity index (χ1v) is 12.4. The molecule has 0 bridgehead atoms. The van der Waals surface area contributed by atoms with Crippen LogP contribution in [0.4, 0.5) is 0 Å². The van der Waals surface area contributed by atoms with Crippen LogP contribution in [0.2, 0.25) is 0 Å². The van der Waals surface area contributed by atoms with Crippen molar-refractivity contribution in [3.63, 3.8) is 0 Å². The predicted molar refractivity (Wildman–Crippen MR) is 114 cm³/mol. The Morgan fingerprint density at radius 3 is 2.59 bits per heavy atom. The molecular formula is C21H27NO5S2. The van der Waals surface area contributed by atoms with Gasteiger partial charge in [0.05, 0.1) is 11.5 Å². The highest BCUT2D eigenvalue weighted by atomic mass is 32.2. The Labute approximate surface area is 175 Å². The Balaban J connectivity index is 1.69. The maximum atomic E-state index is 12.7. The molecule has 1 unspecified atom stereocenters. The molecule has 1 aliphatic heterocycles. The fraction of sp³-hybridized carbons (Fsp3) is 0.524. The van der Waals surface area contributed by atoms with E-state index in [2.05, 4.69) is 6.92 Å². The highest BCUT2D eigenvalue weighted by molar-refractivity contribution is 7.91. The van der Waals surface area contributed by atoms with E-state index in [1.165, 1.54) is 11.3 Å². The van der Waals surface area contributed by atoms with E-state index >= 15 is 0 Å². The van der Waals surface area contributed by atoms with Gasteiger partial charge in [-0.3, -0.25) is 4.79 Å². The quantitative estimate of drug-likeness (QED) is 0.486. The summed E-state index contributed by atoms with van der Waals surface area (Å²) in [6.45, 7) is 7.42. The first-order valence-electron chi connectivity index (χ1n) is 9.81. The fourth-order valence-corrected chi connectivity index (χ4v) is 6.68. The van der Waals surface area contributed by atoms with Crippen molar-refractivity contribution in [3.05, 3.63) is 44.4 Å². The molecule has 29 heavy (non-hydrogen) atoms. The maximum absolute atomic E-state index is 12.7. The number of esters is 1. The number of ketones is 1. The van der Waals surface area contributed by atoms with Gasteiger partial charge in [0.1, 0.15) is 4.88 Å². The molecule has 0 radical (unpaired) electrons. The van der Waals surface area contributed by atoms with Crippen LogP contribution in [0.5, 0.6) is 0 Å². The standard InChI is InChI=1S/C21H27NO5S2/c1-5-6-16-10-20(28-15(16)4)21(24)27-11-19(23)18-9-13(2)22(14(18)3)17-7-8-29(25,26)12-17/h9-10,17H,5-8,11-12H2,1-4H3. The van der Waals surface area contributed by atoms with Crippen LogP contribution in [-0.4, -0.2) is 42.9 Å². The van der Waals surface area contributed by atoms with E-state index in [9.17, 15) is 18.0 Å². The van der Waals surface area contributed by atoms with Crippen LogP contribution < -0.4 is 0 Å². The third-order valence-electron chi connectivity index (χ3n) is 5.43. The zero-order valence-electron chi connectivity index (χ0n) is 17.3. The van der Waals surface area contributed by atoms with Crippen molar-refractivity contribution in [3.8, 4) is 0 Å². The number of hydrogen-bond acceptors (Lipinski definition) is 6. The molecular weight excluding hydrogens is 410 g/mol. The number of aryl methyl sites for hydroxylation is 3. The van der Waals surface area contributed by atoms with E-state index in [4.69, 9.17) is 4.74 Å². The lowest BCUT2D eigenvalue weighted by atomic mass is 10.1.